The number of rotatable bonds is 9. The molecule has 3 heterocycles. The predicted octanol–water partition coefficient (Wildman–Crippen LogP) is 2.67. The summed E-state index contributed by atoms with van der Waals surface area (Å²) in [5.74, 6) is -4.63. The minimum Gasteiger partial charge on any atom is -0.490 e. The molecular formula is C26H22FN3O8S2. The van der Waals surface area contributed by atoms with E-state index in [9.17, 15) is 33.5 Å². The highest BCUT2D eigenvalue weighted by Crippen LogP contribution is 2.53. The first kappa shape index (κ1) is 27.4. The number of nitrogens with one attached hydrogen (secondary N) is 2. The number of carbonyl (C=O) groups is 4. The van der Waals surface area contributed by atoms with Crippen molar-refractivity contribution in [3.05, 3.63) is 68.4 Å². The Kier molecular flexibility index (Phi) is 7.63. The standard InChI is InChI=1S/C26H22FN3O8S2/c1-2-37-16-9-12(3-8-15(16)38-11-17(31)28-14-6-4-13(27)5-7-14)19-20-22(39-23-21(19)40-26(36)29-23)25(35)30(24(20)34)10-18(32)33/h3-9,19-20,22H,2,10-11H2,1H3,(H,28,31)(H,29,36)(H,32,33)/t19-,20+,22-/m0/s1. The number of anilines is 1. The summed E-state index contributed by atoms with van der Waals surface area (Å²) < 4.78 is 24.5. The zero-order valence-corrected chi connectivity index (χ0v) is 22.5. The smallest absolute Gasteiger partial charge is 0.323 e. The van der Waals surface area contributed by atoms with Crippen LogP contribution in [0.15, 0.2) is 52.3 Å². The van der Waals surface area contributed by atoms with Gasteiger partial charge in [0.05, 0.1) is 17.6 Å². The average molecular weight is 588 g/mol. The number of thioether (sulfide) groups is 1. The second-order valence-electron chi connectivity index (χ2n) is 8.89. The van der Waals surface area contributed by atoms with Crippen molar-refractivity contribution in [1.82, 2.24) is 9.88 Å². The van der Waals surface area contributed by atoms with Gasteiger partial charge >= 0.3 is 10.8 Å². The number of nitrogens with zero attached hydrogens (tertiary/aromatic N) is 1. The van der Waals surface area contributed by atoms with E-state index in [1.54, 1.807) is 25.1 Å². The highest BCUT2D eigenvalue weighted by atomic mass is 32.2. The maximum atomic E-state index is 13.3. The Morgan fingerprint density at radius 3 is 2.52 bits per heavy atom. The van der Waals surface area contributed by atoms with Gasteiger partial charge in [0.2, 0.25) is 11.8 Å². The second kappa shape index (κ2) is 11.1. The third kappa shape index (κ3) is 5.31. The third-order valence-corrected chi connectivity index (χ3v) is 8.72. The molecule has 1 fully saturated rings. The molecule has 2 aliphatic rings. The zero-order chi connectivity index (χ0) is 28.6. The van der Waals surface area contributed by atoms with Crippen LogP contribution >= 0.6 is 23.1 Å². The molecule has 5 rings (SSSR count). The molecule has 40 heavy (non-hydrogen) atoms. The predicted molar refractivity (Wildman–Crippen MR) is 142 cm³/mol. The summed E-state index contributed by atoms with van der Waals surface area (Å²) in [4.78, 5) is 66.0. The number of amides is 3. The van der Waals surface area contributed by atoms with Crippen LogP contribution < -0.4 is 19.7 Å². The lowest BCUT2D eigenvalue weighted by molar-refractivity contribution is -0.149. The van der Waals surface area contributed by atoms with E-state index in [1.807, 2.05) is 0 Å². The van der Waals surface area contributed by atoms with Crippen molar-refractivity contribution in [1.29, 1.82) is 0 Å². The molecule has 0 unspecified atom stereocenters. The number of hydrogen-bond acceptors (Lipinski definition) is 9. The summed E-state index contributed by atoms with van der Waals surface area (Å²) >= 11 is 1.97. The van der Waals surface area contributed by atoms with E-state index in [1.165, 1.54) is 24.3 Å². The number of carboxylic acid groups (broad SMARTS) is 1. The van der Waals surface area contributed by atoms with E-state index in [0.29, 0.717) is 21.2 Å². The van der Waals surface area contributed by atoms with Gasteiger partial charge in [-0.05, 0) is 48.9 Å². The van der Waals surface area contributed by atoms with Crippen molar-refractivity contribution in [3.8, 4) is 11.5 Å². The van der Waals surface area contributed by atoms with Gasteiger partial charge in [-0.2, -0.15) is 0 Å². The number of carboxylic acids is 1. The SMILES string of the molecule is CCOc1cc([C@@H]2c3sc(=O)[nH]c3S[C@@H]3C(=O)N(CC(=O)O)C(=O)[C@H]23)ccc1OCC(=O)Nc1ccc(F)cc1. The Labute approximate surface area is 234 Å². The minimum atomic E-state index is -1.31. The van der Waals surface area contributed by atoms with Crippen LogP contribution in [0.4, 0.5) is 10.1 Å². The molecule has 2 aromatic carbocycles. The highest BCUT2D eigenvalue weighted by Gasteiger charge is 2.56. The van der Waals surface area contributed by atoms with Crippen LogP contribution in [0.5, 0.6) is 11.5 Å². The van der Waals surface area contributed by atoms with Crippen molar-refractivity contribution < 1.29 is 38.1 Å². The first-order valence-electron chi connectivity index (χ1n) is 12.1. The molecule has 3 amide bonds. The second-order valence-corrected chi connectivity index (χ2v) is 11.1. The number of hydrogen-bond donors (Lipinski definition) is 3. The van der Waals surface area contributed by atoms with Gasteiger partial charge in [0.25, 0.3) is 5.91 Å². The summed E-state index contributed by atoms with van der Waals surface area (Å²) in [5.41, 5.74) is 0.950. The number of thiazole rings is 1. The van der Waals surface area contributed by atoms with Crippen LogP contribution in [-0.4, -0.2) is 63.7 Å². The van der Waals surface area contributed by atoms with Gasteiger partial charge in [0.15, 0.2) is 18.1 Å². The van der Waals surface area contributed by atoms with Gasteiger partial charge in [-0.25, -0.2) is 4.39 Å². The van der Waals surface area contributed by atoms with Crippen LogP contribution in [0.25, 0.3) is 0 Å². The number of fused-ring (bicyclic) bond motifs is 2. The molecule has 0 spiro atoms. The number of aliphatic carboxylic acids is 1. The fraction of sp³-hybridized carbons (Fsp3) is 0.269. The van der Waals surface area contributed by atoms with Crippen molar-refractivity contribution in [2.75, 3.05) is 25.1 Å². The molecule has 1 aromatic heterocycles. The summed E-state index contributed by atoms with van der Waals surface area (Å²) in [6, 6.07) is 10.1. The lowest BCUT2D eigenvalue weighted by Gasteiger charge is -2.30. The minimum absolute atomic E-state index is 0.241. The topological polar surface area (TPSA) is 155 Å². The molecule has 0 bridgehead atoms. The van der Waals surface area contributed by atoms with E-state index < -0.39 is 53.1 Å². The number of H-pyrrole nitrogens is 1. The van der Waals surface area contributed by atoms with Crippen molar-refractivity contribution in [3.63, 3.8) is 0 Å². The summed E-state index contributed by atoms with van der Waals surface area (Å²) in [6.45, 7) is 0.881. The van der Waals surface area contributed by atoms with Gasteiger partial charge in [-0.15, -0.1) is 0 Å². The van der Waals surface area contributed by atoms with Crippen LogP contribution in [-0.2, 0) is 19.2 Å². The van der Waals surface area contributed by atoms with Gasteiger partial charge < -0.3 is 24.9 Å². The summed E-state index contributed by atoms with van der Waals surface area (Å²) in [6.07, 6.45) is 0. The van der Waals surface area contributed by atoms with Crippen LogP contribution in [0.1, 0.15) is 23.3 Å². The van der Waals surface area contributed by atoms with Crippen LogP contribution in [0.2, 0.25) is 0 Å². The number of carbonyl (C=O) groups excluding carboxylic acids is 3. The fourth-order valence-electron chi connectivity index (χ4n) is 4.70. The van der Waals surface area contributed by atoms with E-state index in [2.05, 4.69) is 10.3 Å². The Bertz CT molecular complexity index is 1550. The summed E-state index contributed by atoms with van der Waals surface area (Å²) in [5, 5.41) is 11.4. The molecule has 3 atom stereocenters. The molecule has 1 saturated heterocycles. The Morgan fingerprint density at radius 2 is 1.82 bits per heavy atom. The number of aromatic nitrogens is 1. The normalized spacial score (nSPS) is 19.6. The molecule has 3 N–H and O–H groups in total. The molecule has 0 saturated carbocycles. The number of imide groups is 1. The molecule has 11 nitrogen and oxygen atoms in total. The molecule has 14 heteroatoms. The Hall–Kier alpha value is -4.17. The molecule has 2 aliphatic heterocycles. The molecule has 0 aliphatic carbocycles. The molecule has 208 valence electrons. The zero-order valence-electron chi connectivity index (χ0n) is 20.8. The van der Waals surface area contributed by atoms with Gasteiger partial charge in [-0.1, -0.05) is 29.2 Å². The lowest BCUT2D eigenvalue weighted by atomic mass is 9.83. The third-order valence-electron chi connectivity index (χ3n) is 6.32. The van der Waals surface area contributed by atoms with Gasteiger partial charge in [-0.3, -0.25) is 28.9 Å². The van der Waals surface area contributed by atoms with Crippen molar-refractivity contribution >= 4 is 52.5 Å². The number of benzene rings is 2. The molecular weight excluding hydrogens is 565 g/mol. The fourth-order valence-corrected chi connectivity index (χ4v) is 7.24. The van der Waals surface area contributed by atoms with E-state index in [4.69, 9.17) is 9.47 Å². The maximum Gasteiger partial charge on any atom is 0.323 e. The van der Waals surface area contributed by atoms with E-state index in [-0.39, 0.29) is 29.6 Å². The van der Waals surface area contributed by atoms with Crippen LogP contribution in [0.3, 0.4) is 0 Å². The number of halogens is 1. The van der Waals surface area contributed by atoms with Crippen molar-refractivity contribution in [2.24, 2.45) is 5.92 Å². The van der Waals surface area contributed by atoms with E-state index >= 15 is 0 Å². The number of aromatic amines is 1. The molecule has 3 aromatic rings. The number of likely N-dealkylation sites (tertiary alicyclic amines) is 1. The molecule has 0 radical (unpaired) electrons. The first-order chi connectivity index (χ1) is 19.2. The largest absolute Gasteiger partial charge is 0.490 e. The maximum absolute atomic E-state index is 13.3. The Morgan fingerprint density at radius 1 is 1.07 bits per heavy atom. The summed E-state index contributed by atoms with van der Waals surface area (Å²) in [7, 11) is 0. The Balaban J connectivity index is 1.43. The van der Waals surface area contributed by atoms with Crippen LogP contribution in [0, 0.1) is 11.7 Å². The average Bonchev–Trinajstić information content (AvgIpc) is 3.39. The van der Waals surface area contributed by atoms with Gasteiger partial charge in [0.1, 0.15) is 17.6 Å². The van der Waals surface area contributed by atoms with Crippen molar-refractivity contribution in [2.45, 2.75) is 23.1 Å². The monoisotopic (exact) mass is 587 g/mol. The van der Waals surface area contributed by atoms with Gasteiger partial charge in [0, 0.05) is 16.5 Å². The van der Waals surface area contributed by atoms with E-state index in [0.717, 1.165) is 28.0 Å². The number of ether oxygens (including phenoxy) is 2. The highest BCUT2D eigenvalue weighted by molar-refractivity contribution is 8.00. The quantitative estimate of drug-likeness (QED) is 0.321. The first-order valence-corrected chi connectivity index (χ1v) is 13.8. The lowest BCUT2D eigenvalue weighted by Crippen LogP contribution is -2.36.